The van der Waals surface area contributed by atoms with Gasteiger partial charge in [-0.1, -0.05) is 6.92 Å². The van der Waals surface area contributed by atoms with Gasteiger partial charge in [-0.25, -0.2) is 4.79 Å². The lowest BCUT2D eigenvalue weighted by Gasteiger charge is -2.25. The molecule has 22 heavy (non-hydrogen) atoms. The molecular formula is C16H22N2O4. The molecule has 1 aromatic carbocycles. The van der Waals surface area contributed by atoms with Gasteiger partial charge in [-0.15, -0.1) is 0 Å². The molecular weight excluding hydrogens is 284 g/mol. The Bertz CT molecular complexity index is 495. The fourth-order valence-electron chi connectivity index (χ4n) is 2.13. The highest BCUT2D eigenvalue weighted by Crippen LogP contribution is 2.11. The maximum absolute atomic E-state index is 12.0. The van der Waals surface area contributed by atoms with Crippen LogP contribution in [0.15, 0.2) is 24.3 Å². The largest absolute Gasteiger partial charge is 0.462 e. The maximum atomic E-state index is 12.0. The molecule has 0 aromatic heterocycles. The van der Waals surface area contributed by atoms with Gasteiger partial charge >= 0.3 is 5.97 Å². The molecule has 1 aliphatic rings. The van der Waals surface area contributed by atoms with E-state index < -0.39 is 0 Å². The van der Waals surface area contributed by atoms with Gasteiger partial charge in [0.25, 0.3) is 0 Å². The topological polar surface area (TPSA) is 67.9 Å². The molecule has 6 heteroatoms. The standard InChI is InChI=1S/C16H22N2O4/c1-2-9-22-16(20)13-3-5-14(6-4-13)17-15(19)12-18-7-10-21-11-8-18/h3-6H,2,7-12H2,1H3,(H,17,19). The lowest BCUT2D eigenvalue weighted by molar-refractivity contribution is -0.118. The summed E-state index contributed by atoms with van der Waals surface area (Å²) in [5.74, 6) is -0.406. The van der Waals surface area contributed by atoms with E-state index in [1.165, 1.54) is 0 Å². The Hall–Kier alpha value is -1.92. The van der Waals surface area contributed by atoms with Crippen LogP contribution in [0, 0.1) is 0 Å². The van der Waals surface area contributed by atoms with E-state index in [0.717, 1.165) is 19.5 Å². The van der Waals surface area contributed by atoms with Gasteiger partial charge in [0, 0.05) is 18.8 Å². The third kappa shape index (κ3) is 5.13. The maximum Gasteiger partial charge on any atom is 0.338 e. The summed E-state index contributed by atoms with van der Waals surface area (Å²) in [7, 11) is 0. The summed E-state index contributed by atoms with van der Waals surface area (Å²) in [4.78, 5) is 25.7. The van der Waals surface area contributed by atoms with Crippen molar-refractivity contribution in [3.8, 4) is 0 Å². The van der Waals surface area contributed by atoms with Crippen molar-refractivity contribution in [3.63, 3.8) is 0 Å². The Morgan fingerprint density at radius 3 is 2.55 bits per heavy atom. The number of nitrogens with zero attached hydrogens (tertiary/aromatic N) is 1. The van der Waals surface area contributed by atoms with Crippen molar-refractivity contribution in [2.75, 3.05) is 44.8 Å². The van der Waals surface area contributed by atoms with Gasteiger partial charge in [0.05, 0.1) is 31.9 Å². The third-order valence-electron chi connectivity index (χ3n) is 3.31. The number of esters is 1. The van der Waals surface area contributed by atoms with Crippen LogP contribution < -0.4 is 5.32 Å². The van der Waals surface area contributed by atoms with Gasteiger partial charge in [0.15, 0.2) is 0 Å². The molecule has 1 amide bonds. The monoisotopic (exact) mass is 306 g/mol. The molecule has 0 aliphatic carbocycles. The van der Waals surface area contributed by atoms with E-state index in [0.29, 0.717) is 37.6 Å². The second kappa shape index (κ2) is 8.51. The Balaban J connectivity index is 1.82. The van der Waals surface area contributed by atoms with Gasteiger partial charge in [0.1, 0.15) is 0 Å². The quantitative estimate of drug-likeness (QED) is 0.807. The number of amides is 1. The molecule has 0 spiro atoms. The molecule has 120 valence electrons. The van der Waals surface area contributed by atoms with Crippen LogP contribution in [0.2, 0.25) is 0 Å². The first-order valence-electron chi connectivity index (χ1n) is 7.56. The number of hydrogen-bond donors (Lipinski definition) is 1. The summed E-state index contributed by atoms with van der Waals surface area (Å²) < 4.78 is 10.3. The number of carbonyl (C=O) groups is 2. The molecule has 1 fully saturated rings. The lowest BCUT2D eigenvalue weighted by atomic mass is 10.2. The zero-order valence-corrected chi connectivity index (χ0v) is 12.8. The van der Waals surface area contributed by atoms with Crippen LogP contribution in [0.3, 0.4) is 0 Å². The molecule has 1 heterocycles. The minimum Gasteiger partial charge on any atom is -0.462 e. The molecule has 0 bridgehead atoms. The van der Waals surface area contributed by atoms with Crippen molar-refractivity contribution in [1.29, 1.82) is 0 Å². The minimum absolute atomic E-state index is 0.0665. The van der Waals surface area contributed by atoms with Gasteiger partial charge in [-0.2, -0.15) is 0 Å². The fraction of sp³-hybridized carbons (Fsp3) is 0.500. The summed E-state index contributed by atoms with van der Waals surface area (Å²) in [5, 5.41) is 2.82. The van der Waals surface area contributed by atoms with Gasteiger partial charge < -0.3 is 14.8 Å². The van der Waals surface area contributed by atoms with Crippen molar-refractivity contribution >= 4 is 17.6 Å². The van der Waals surface area contributed by atoms with Crippen molar-refractivity contribution in [2.24, 2.45) is 0 Å². The van der Waals surface area contributed by atoms with Crippen LogP contribution in [-0.4, -0.2) is 56.2 Å². The second-order valence-electron chi connectivity index (χ2n) is 5.15. The van der Waals surface area contributed by atoms with Crippen molar-refractivity contribution in [1.82, 2.24) is 4.90 Å². The zero-order chi connectivity index (χ0) is 15.8. The van der Waals surface area contributed by atoms with Crippen LogP contribution in [0.25, 0.3) is 0 Å². The molecule has 2 rings (SSSR count). The summed E-state index contributed by atoms with van der Waals surface area (Å²) in [5.41, 5.74) is 1.16. The Morgan fingerprint density at radius 1 is 1.23 bits per heavy atom. The highest BCUT2D eigenvalue weighted by atomic mass is 16.5. The smallest absolute Gasteiger partial charge is 0.338 e. The summed E-state index contributed by atoms with van der Waals surface area (Å²) in [6.45, 7) is 5.59. The molecule has 6 nitrogen and oxygen atoms in total. The van der Waals surface area contributed by atoms with Crippen molar-refractivity contribution < 1.29 is 19.1 Å². The highest BCUT2D eigenvalue weighted by Gasteiger charge is 2.14. The van der Waals surface area contributed by atoms with E-state index in [-0.39, 0.29) is 11.9 Å². The number of rotatable bonds is 6. The molecule has 1 aliphatic heterocycles. The number of ether oxygens (including phenoxy) is 2. The molecule has 1 saturated heterocycles. The Morgan fingerprint density at radius 2 is 1.91 bits per heavy atom. The molecule has 0 atom stereocenters. The van der Waals surface area contributed by atoms with E-state index in [4.69, 9.17) is 9.47 Å². The molecule has 1 aromatic rings. The second-order valence-corrected chi connectivity index (χ2v) is 5.15. The molecule has 0 saturated carbocycles. The number of hydrogen-bond acceptors (Lipinski definition) is 5. The third-order valence-corrected chi connectivity index (χ3v) is 3.31. The molecule has 1 N–H and O–H groups in total. The number of anilines is 1. The van der Waals surface area contributed by atoms with Crippen LogP contribution in [0.5, 0.6) is 0 Å². The van der Waals surface area contributed by atoms with E-state index in [2.05, 4.69) is 10.2 Å². The van der Waals surface area contributed by atoms with E-state index in [1.54, 1.807) is 24.3 Å². The Kier molecular flexibility index (Phi) is 6.36. The van der Waals surface area contributed by atoms with Crippen molar-refractivity contribution in [3.05, 3.63) is 29.8 Å². The molecule has 0 unspecified atom stereocenters. The number of benzene rings is 1. The fourth-order valence-corrected chi connectivity index (χ4v) is 2.13. The summed E-state index contributed by atoms with van der Waals surface area (Å²) >= 11 is 0. The minimum atomic E-state index is -0.340. The van der Waals surface area contributed by atoms with E-state index in [9.17, 15) is 9.59 Å². The number of carbonyl (C=O) groups excluding carboxylic acids is 2. The average Bonchev–Trinajstić information content (AvgIpc) is 2.54. The molecule has 0 radical (unpaired) electrons. The predicted octanol–water partition coefficient (Wildman–Crippen LogP) is 1.52. The van der Waals surface area contributed by atoms with Crippen LogP contribution in [0.4, 0.5) is 5.69 Å². The van der Waals surface area contributed by atoms with Gasteiger partial charge in [-0.05, 0) is 30.7 Å². The summed E-state index contributed by atoms with van der Waals surface area (Å²) in [6.07, 6.45) is 0.793. The summed E-state index contributed by atoms with van der Waals surface area (Å²) in [6, 6.07) is 6.73. The van der Waals surface area contributed by atoms with E-state index >= 15 is 0 Å². The Labute approximate surface area is 130 Å². The SMILES string of the molecule is CCCOC(=O)c1ccc(NC(=O)CN2CCOCC2)cc1. The van der Waals surface area contributed by atoms with Gasteiger partial charge in [0.2, 0.25) is 5.91 Å². The van der Waals surface area contributed by atoms with Crippen LogP contribution >= 0.6 is 0 Å². The average molecular weight is 306 g/mol. The lowest BCUT2D eigenvalue weighted by Crippen LogP contribution is -2.41. The normalized spacial score (nSPS) is 15.3. The predicted molar refractivity (Wildman–Crippen MR) is 82.9 cm³/mol. The first-order chi connectivity index (χ1) is 10.7. The first kappa shape index (κ1) is 16.5. The highest BCUT2D eigenvalue weighted by molar-refractivity contribution is 5.94. The van der Waals surface area contributed by atoms with Crippen LogP contribution in [-0.2, 0) is 14.3 Å². The first-order valence-corrected chi connectivity index (χ1v) is 7.56. The number of morpholine rings is 1. The zero-order valence-electron chi connectivity index (χ0n) is 12.8. The van der Waals surface area contributed by atoms with Crippen LogP contribution in [0.1, 0.15) is 23.7 Å². The van der Waals surface area contributed by atoms with Crippen molar-refractivity contribution in [2.45, 2.75) is 13.3 Å². The number of nitrogens with one attached hydrogen (secondary N) is 1. The van der Waals surface area contributed by atoms with Gasteiger partial charge in [-0.3, -0.25) is 9.69 Å². The van der Waals surface area contributed by atoms with E-state index in [1.807, 2.05) is 6.92 Å².